The first-order chi connectivity index (χ1) is 36.8. The van der Waals surface area contributed by atoms with Crippen LogP contribution in [0.3, 0.4) is 0 Å². The fraction of sp³-hybridized carbons (Fsp3) is 0.985. The molecule has 9 nitrogen and oxygen atoms in total. The molecule has 1 rings (SSSR count). The third-order valence-electron chi connectivity index (χ3n) is 16.7. The van der Waals surface area contributed by atoms with E-state index in [4.69, 9.17) is 9.47 Å². The molecule has 0 bridgehead atoms. The number of hydrogen-bond donors (Lipinski definition) is 6. The van der Waals surface area contributed by atoms with Crippen LogP contribution in [0.15, 0.2) is 0 Å². The quantitative estimate of drug-likeness (QED) is 0.0330. The highest BCUT2D eigenvalue weighted by atomic mass is 16.7. The first-order valence-electron chi connectivity index (χ1n) is 33.7. The molecule has 0 aromatic heterocycles. The lowest BCUT2D eigenvalue weighted by Gasteiger charge is -2.40. The Balaban J connectivity index is 2.05. The van der Waals surface area contributed by atoms with E-state index >= 15 is 0 Å². The summed E-state index contributed by atoms with van der Waals surface area (Å²) in [6.07, 6.45) is 63.2. The van der Waals surface area contributed by atoms with Crippen LogP contribution in [0.1, 0.15) is 361 Å². The Morgan fingerprint density at radius 2 is 0.667 bits per heavy atom. The average molecular weight is 1070 g/mol. The minimum atomic E-state index is -1.55. The molecule has 0 radical (unpaired) electrons. The molecule has 9 heteroatoms. The number of amides is 1. The molecule has 75 heavy (non-hydrogen) atoms. The Kier molecular flexibility index (Phi) is 54.4. The van der Waals surface area contributed by atoms with Crippen LogP contribution in [0.4, 0.5) is 0 Å². The number of carbonyl (C=O) groups excluding carboxylic acids is 1. The highest BCUT2D eigenvalue weighted by molar-refractivity contribution is 5.76. The summed E-state index contributed by atoms with van der Waals surface area (Å²) in [5.41, 5.74) is 0. The maximum Gasteiger partial charge on any atom is 0.220 e. The van der Waals surface area contributed by atoms with Crippen LogP contribution in [0.2, 0.25) is 0 Å². The van der Waals surface area contributed by atoms with Crippen molar-refractivity contribution in [3.63, 3.8) is 0 Å². The van der Waals surface area contributed by atoms with E-state index in [2.05, 4.69) is 19.2 Å². The van der Waals surface area contributed by atoms with Crippen LogP contribution < -0.4 is 5.32 Å². The summed E-state index contributed by atoms with van der Waals surface area (Å²) >= 11 is 0. The summed E-state index contributed by atoms with van der Waals surface area (Å²) < 4.78 is 11.3. The average Bonchev–Trinajstić information content (AvgIpc) is 3.41. The summed E-state index contributed by atoms with van der Waals surface area (Å²) in [5.74, 6) is -0.134. The van der Waals surface area contributed by atoms with Gasteiger partial charge < -0.3 is 40.3 Å². The van der Waals surface area contributed by atoms with Gasteiger partial charge in [-0.15, -0.1) is 0 Å². The number of rotatable bonds is 60. The fourth-order valence-electron chi connectivity index (χ4n) is 11.4. The second kappa shape index (κ2) is 56.5. The fourth-order valence-corrected chi connectivity index (χ4v) is 11.4. The first kappa shape index (κ1) is 72.2. The van der Waals surface area contributed by atoms with Crippen molar-refractivity contribution in [1.82, 2.24) is 5.32 Å². The van der Waals surface area contributed by atoms with Crippen LogP contribution in [0.25, 0.3) is 0 Å². The number of carbonyl (C=O) groups is 1. The molecule has 0 saturated carbocycles. The topological polar surface area (TPSA) is 149 Å². The molecular formula is C66H131NO8. The number of nitrogens with one attached hydrogen (secondary N) is 1. The van der Waals surface area contributed by atoms with Gasteiger partial charge in [0, 0.05) is 6.42 Å². The lowest BCUT2D eigenvalue weighted by atomic mass is 9.99. The molecule has 1 heterocycles. The first-order valence-corrected chi connectivity index (χ1v) is 33.7. The van der Waals surface area contributed by atoms with E-state index in [-0.39, 0.29) is 12.5 Å². The third kappa shape index (κ3) is 45.6. The largest absolute Gasteiger partial charge is 0.394 e. The van der Waals surface area contributed by atoms with Crippen molar-refractivity contribution in [1.29, 1.82) is 0 Å². The van der Waals surface area contributed by atoms with Gasteiger partial charge in [0.25, 0.3) is 0 Å². The van der Waals surface area contributed by atoms with E-state index in [1.807, 2.05) is 0 Å². The molecule has 0 aromatic carbocycles. The van der Waals surface area contributed by atoms with Crippen molar-refractivity contribution in [2.45, 2.75) is 403 Å². The van der Waals surface area contributed by atoms with E-state index < -0.39 is 49.5 Å². The van der Waals surface area contributed by atoms with Crippen LogP contribution in [0.5, 0.6) is 0 Å². The summed E-state index contributed by atoms with van der Waals surface area (Å²) in [7, 11) is 0. The van der Waals surface area contributed by atoms with Crippen molar-refractivity contribution in [2.24, 2.45) is 0 Å². The van der Waals surface area contributed by atoms with E-state index in [0.29, 0.717) is 12.8 Å². The van der Waals surface area contributed by atoms with E-state index in [0.717, 1.165) is 38.5 Å². The van der Waals surface area contributed by atoms with Gasteiger partial charge in [0.15, 0.2) is 6.29 Å². The van der Waals surface area contributed by atoms with Gasteiger partial charge in [-0.1, -0.05) is 341 Å². The van der Waals surface area contributed by atoms with Crippen molar-refractivity contribution >= 4 is 5.91 Å². The monoisotopic (exact) mass is 1070 g/mol. The van der Waals surface area contributed by atoms with Gasteiger partial charge in [0.1, 0.15) is 24.4 Å². The zero-order valence-electron chi connectivity index (χ0n) is 50.1. The number of ether oxygens (including phenoxy) is 2. The van der Waals surface area contributed by atoms with Crippen LogP contribution in [0, 0.1) is 0 Å². The molecular weight excluding hydrogens is 935 g/mol. The van der Waals surface area contributed by atoms with Gasteiger partial charge in [-0.25, -0.2) is 0 Å². The Morgan fingerprint density at radius 1 is 0.400 bits per heavy atom. The van der Waals surface area contributed by atoms with Gasteiger partial charge in [-0.05, 0) is 12.8 Å². The molecule has 1 saturated heterocycles. The van der Waals surface area contributed by atoms with Crippen LogP contribution in [-0.4, -0.2) is 87.5 Å². The summed E-state index contributed by atoms with van der Waals surface area (Å²) in [6, 6.07) is -0.714. The second-order valence-corrected chi connectivity index (χ2v) is 24.0. The predicted octanol–water partition coefficient (Wildman–Crippen LogP) is 17.8. The van der Waals surface area contributed by atoms with Crippen molar-refractivity contribution in [2.75, 3.05) is 13.2 Å². The smallest absolute Gasteiger partial charge is 0.220 e. The van der Waals surface area contributed by atoms with Gasteiger partial charge in [-0.3, -0.25) is 4.79 Å². The number of unbranched alkanes of at least 4 members (excludes halogenated alkanes) is 50. The predicted molar refractivity (Wildman–Crippen MR) is 318 cm³/mol. The summed E-state index contributed by atoms with van der Waals surface area (Å²) in [4.78, 5) is 13.1. The normalized spacial score (nSPS) is 18.7. The standard InChI is InChI=1S/C66H131NO8/c1-3-5-7-9-11-13-15-17-19-21-22-23-24-25-26-27-28-29-30-31-32-33-34-35-36-37-38-40-42-44-46-48-50-52-54-56-62(70)67-59(58-74-66-65(73)64(72)63(71)61(57-68)75-66)60(69)55-53-51-49-47-45-43-41-39-20-18-16-14-12-10-8-6-4-2/h59-61,63-66,68-69,71-73H,3-58H2,1-2H3,(H,67,70). The zero-order valence-corrected chi connectivity index (χ0v) is 50.1. The van der Waals surface area contributed by atoms with Crippen molar-refractivity contribution in [3.8, 4) is 0 Å². The molecule has 1 fully saturated rings. The number of aliphatic hydroxyl groups excluding tert-OH is 5. The third-order valence-corrected chi connectivity index (χ3v) is 16.7. The van der Waals surface area contributed by atoms with Gasteiger partial charge in [0.05, 0.1) is 25.4 Å². The maximum atomic E-state index is 13.1. The highest BCUT2D eigenvalue weighted by Gasteiger charge is 2.44. The lowest BCUT2D eigenvalue weighted by Crippen LogP contribution is -2.60. The minimum absolute atomic E-state index is 0.131. The number of hydrogen-bond acceptors (Lipinski definition) is 8. The van der Waals surface area contributed by atoms with Gasteiger partial charge in [-0.2, -0.15) is 0 Å². The molecule has 448 valence electrons. The summed E-state index contributed by atoms with van der Waals surface area (Å²) in [6.45, 7) is 3.90. The SMILES string of the molecule is CCCCCCCCCCCCCCCCCCCCCCCCCCCCCCCCCCCCCC(=O)NC(COC1OC(CO)C(O)C(O)C1O)C(O)CCCCCCCCCCCCCCCCCCC. The Bertz CT molecular complexity index is 1140. The van der Waals surface area contributed by atoms with Crippen LogP contribution >= 0.6 is 0 Å². The molecule has 1 amide bonds. The minimum Gasteiger partial charge on any atom is -0.394 e. The van der Waals surface area contributed by atoms with E-state index in [9.17, 15) is 30.3 Å². The Morgan fingerprint density at radius 3 is 0.947 bits per heavy atom. The molecule has 6 N–H and O–H groups in total. The van der Waals surface area contributed by atoms with Gasteiger partial charge >= 0.3 is 0 Å². The molecule has 0 aromatic rings. The highest BCUT2D eigenvalue weighted by Crippen LogP contribution is 2.24. The van der Waals surface area contributed by atoms with Crippen molar-refractivity contribution < 1.29 is 39.8 Å². The van der Waals surface area contributed by atoms with Gasteiger partial charge in [0.2, 0.25) is 5.91 Å². The van der Waals surface area contributed by atoms with E-state index in [1.54, 1.807) is 0 Å². The molecule has 7 unspecified atom stereocenters. The van der Waals surface area contributed by atoms with E-state index in [1.165, 1.54) is 295 Å². The molecule has 0 spiro atoms. The molecule has 1 aliphatic rings. The van der Waals surface area contributed by atoms with Crippen LogP contribution in [-0.2, 0) is 14.3 Å². The second-order valence-electron chi connectivity index (χ2n) is 24.0. The molecule has 1 aliphatic heterocycles. The Labute approximate surface area is 465 Å². The molecule has 7 atom stereocenters. The number of aliphatic hydroxyl groups is 5. The van der Waals surface area contributed by atoms with Crippen molar-refractivity contribution in [3.05, 3.63) is 0 Å². The lowest BCUT2D eigenvalue weighted by molar-refractivity contribution is -0.302. The maximum absolute atomic E-state index is 13.1. The molecule has 0 aliphatic carbocycles. The summed E-state index contributed by atoms with van der Waals surface area (Å²) in [5, 5.41) is 54.8. The zero-order chi connectivity index (χ0) is 54.3. The Hall–Kier alpha value is -0.810.